The molecule has 2 rings (SSSR count). The van der Waals surface area contributed by atoms with Crippen molar-refractivity contribution in [2.45, 2.75) is 5.88 Å². The van der Waals surface area contributed by atoms with Crippen LogP contribution < -0.4 is 0 Å². The summed E-state index contributed by atoms with van der Waals surface area (Å²) < 4.78 is 3.93. The third kappa shape index (κ3) is 1.90. The fraction of sp³-hybridized carbons (Fsp3) is 0.100. The maximum atomic E-state index is 5.69. The average Bonchev–Trinajstić information content (AvgIpc) is 2.71. The van der Waals surface area contributed by atoms with E-state index < -0.39 is 0 Å². The van der Waals surface area contributed by atoms with Crippen LogP contribution in [0.2, 0.25) is 0 Å². The molecule has 1 nitrogen and oxygen atoms in total. The highest BCUT2D eigenvalue weighted by molar-refractivity contribution is 7.09. The van der Waals surface area contributed by atoms with E-state index in [4.69, 9.17) is 11.6 Å². The second-order valence-corrected chi connectivity index (χ2v) is 3.72. The van der Waals surface area contributed by atoms with Crippen LogP contribution in [0.3, 0.4) is 0 Å². The Balaban J connectivity index is 2.33. The summed E-state index contributed by atoms with van der Waals surface area (Å²) in [6, 6.07) is 10.1. The van der Waals surface area contributed by atoms with E-state index in [1.165, 1.54) is 17.1 Å². The van der Waals surface area contributed by atoms with Crippen molar-refractivity contribution < 1.29 is 0 Å². The van der Waals surface area contributed by atoms with Crippen molar-refractivity contribution >= 4 is 23.1 Å². The van der Waals surface area contributed by atoms with E-state index in [-0.39, 0.29) is 0 Å². The van der Waals surface area contributed by atoms with Crippen molar-refractivity contribution in [3.63, 3.8) is 0 Å². The van der Waals surface area contributed by atoms with Gasteiger partial charge in [-0.1, -0.05) is 24.3 Å². The van der Waals surface area contributed by atoms with Crippen LogP contribution in [0.25, 0.3) is 10.4 Å². The third-order valence-corrected chi connectivity index (χ3v) is 2.84. The molecule has 13 heavy (non-hydrogen) atoms. The van der Waals surface area contributed by atoms with Gasteiger partial charge in [-0.25, -0.2) is 0 Å². The molecule has 0 aliphatic rings. The smallest absolute Gasteiger partial charge is 0.104 e. The SMILES string of the molecule is ClCc1ccc(-c2c[c]ns2)cc1. The summed E-state index contributed by atoms with van der Waals surface area (Å²) in [6.45, 7) is 0. The molecule has 0 unspecified atom stereocenters. The number of hydrogen-bond donors (Lipinski definition) is 0. The van der Waals surface area contributed by atoms with Crippen molar-refractivity contribution in [1.29, 1.82) is 0 Å². The average molecular weight is 209 g/mol. The Labute approximate surface area is 86.2 Å². The van der Waals surface area contributed by atoms with Crippen molar-refractivity contribution in [3.8, 4) is 10.4 Å². The van der Waals surface area contributed by atoms with E-state index in [1.807, 2.05) is 18.2 Å². The first-order valence-corrected chi connectivity index (χ1v) is 5.19. The third-order valence-electron chi connectivity index (χ3n) is 1.79. The van der Waals surface area contributed by atoms with Crippen molar-refractivity contribution in [2.24, 2.45) is 0 Å². The van der Waals surface area contributed by atoms with Gasteiger partial charge in [-0.15, -0.1) is 11.6 Å². The fourth-order valence-corrected chi connectivity index (χ4v) is 1.81. The van der Waals surface area contributed by atoms with Crippen LogP contribution in [0.5, 0.6) is 0 Å². The van der Waals surface area contributed by atoms with Gasteiger partial charge in [0.05, 0.1) is 4.88 Å². The molecule has 0 saturated carbocycles. The molecule has 0 fully saturated rings. The van der Waals surface area contributed by atoms with Crippen molar-refractivity contribution in [3.05, 3.63) is 42.1 Å². The van der Waals surface area contributed by atoms with E-state index >= 15 is 0 Å². The zero-order valence-electron chi connectivity index (χ0n) is 6.83. The maximum absolute atomic E-state index is 5.69. The Morgan fingerprint density at radius 1 is 1.31 bits per heavy atom. The van der Waals surface area contributed by atoms with E-state index in [0.29, 0.717) is 5.88 Å². The van der Waals surface area contributed by atoms with Gasteiger partial charge < -0.3 is 0 Å². The number of nitrogens with zero attached hydrogens (tertiary/aromatic N) is 1. The minimum Gasteiger partial charge on any atom is -0.190 e. The predicted molar refractivity (Wildman–Crippen MR) is 55.9 cm³/mol. The molecule has 1 aromatic heterocycles. The highest BCUT2D eigenvalue weighted by Gasteiger charge is 1.98. The zero-order chi connectivity index (χ0) is 9.10. The minimum atomic E-state index is 0.565. The summed E-state index contributed by atoms with van der Waals surface area (Å²) in [7, 11) is 0. The fourth-order valence-electron chi connectivity index (χ4n) is 1.08. The summed E-state index contributed by atoms with van der Waals surface area (Å²) in [5, 5.41) is 0. The summed E-state index contributed by atoms with van der Waals surface area (Å²) in [5.74, 6) is 0.565. The molecule has 0 spiro atoms. The predicted octanol–water partition coefficient (Wildman–Crippen LogP) is 3.35. The first-order valence-electron chi connectivity index (χ1n) is 3.88. The molecule has 1 heterocycles. The number of hydrogen-bond acceptors (Lipinski definition) is 2. The van der Waals surface area contributed by atoms with Gasteiger partial charge in [0.15, 0.2) is 0 Å². The van der Waals surface area contributed by atoms with Crippen LogP contribution in [-0.4, -0.2) is 4.37 Å². The number of alkyl halides is 1. The largest absolute Gasteiger partial charge is 0.190 e. The van der Waals surface area contributed by atoms with Gasteiger partial charge in [-0.2, -0.15) is 4.37 Å². The van der Waals surface area contributed by atoms with Gasteiger partial charge in [0.25, 0.3) is 0 Å². The normalized spacial score (nSPS) is 10.2. The van der Waals surface area contributed by atoms with Crippen LogP contribution in [0, 0.1) is 6.20 Å². The molecule has 0 amide bonds. The standard InChI is InChI=1S/C10H7ClNS/c11-7-8-1-3-9(4-2-8)10-5-6-12-13-10/h1-5H,7H2. The van der Waals surface area contributed by atoms with E-state index in [9.17, 15) is 0 Å². The van der Waals surface area contributed by atoms with Gasteiger partial charge >= 0.3 is 0 Å². The van der Waals surface area contributed by atoms with E-state index in [0.717, 1.165) is 10.4 Å². The minimum absolute atomic E-state index is 0.565. The molecule has 1 aromatic carbocycles. The lowest BCUT2D eigenvalue weighted by atomic mass is 10.1. The maximum Gasteiger partial charge on any atom is 0.104 e. The molecule has 1 radical (unpaired) electrons. The van der Waals surface area contributed by atoms with Gasteiger partial charge in [0.2, 0.25) is 0 Å². The van der Waals surface area contributed by atoms with Crippen molar-refractivity contribution in [2.75, 3.05) is 0 Å². The zero-order valence-corrected chi connectivity index (χ0v) is 8.40. The highest BCUT2D eigenvalue weighted by Crippen LogP contribution is 2.22. The molecule has 65 valence electrons. The van der Waals surface area contributed by atoms with Gasteiger partial charge in [-0.05, 0) is 28.7 Å². The van der Waals surface area contributed by atoms with E-state index in [2.05, 4.69) is 22.7 Å². The Bertz CT molecular complexity index is 366. The van der Waals surface area contributed by atoms with Gasteiger partial charge in [0, 0.05) is 5.88 Å². The van der Waals surface area contributed by atoms with Crippen molar-refractivity contribution in [1.82, 2.24) is 4.37 Å². The number of rotatable bonds is 2. The Kier molecular flexibility index (Phi) is 2.62. The second kappa shape index (κ2) is 3.90. The van der Waals surface area contributed by atoms with Crippen LogP contribution in [0.1, 0.15) is 5.56 Å². The highest BCUT2D eigenvalue weighted by atomic mass is 35.5. The molecule has 0 aliphatic heterocycles. The topological polar surface area (TPSA) is 12.9 Å². The first kappa shape index (κ1) is 8.73. The second-order valence-electron chi connectivity index (χ2n) is 2.65. The molecule has 2 aromatic rings. The monoisotopic (exact) mass is 208 g/mol. The Morgan fingerprint density at radius 3 is 2.62 bits per heavy atom. The summed E-state index contributed by atoms with van der Waals surface area (Å²) in [4.78, 5) is 1.14. The Morgan fingerprint density at radius 2 is 2.08 bits per heavy atom. The Hall–Kier alpha value is -0.860. The molecule has 0 atom stereocenters. The number of aromatic nitrogens is 1. The number of benzene rings is 1. The van der Waals surface area contributed by atoms with Crippen LogP contribution >= 0.6 is 23.1 Å². The molecule has 0 N–H and O–H groups in total. The first-order chi connectivity index (χ1) is 6.40. The summed E-state index contributed by atoms with van der Waals surface area (Å²) in [6.07, 6.45) is 2.80. The summed E-state index contributed by atoms with van der Waals surface area (Å²) in [5.41, 5.74) is 2.31. The van der Waals surface area contributed by atoms with Crippen LogP contribution in [0.4, 0.5) is 0 Å². The van der Waals surface area contributed by atoms with Gasteiger partial charge in [-0.3, -0.25) is 0 Å². The molecule has 0 aliphatic carbocycles. The summed E-state index contributed by atoms with van der Waals surface area (Å²) >= 11 is 7.14. The molecule has 0 saturated heterocycles. The lowest BCUT2D eigenvalue weighted by Crippen LogP contribution is -1.77. The van der Waals surface area contributed by atoms with Gasteiger partial charge in [0.1, 0.15) is 6.20 Å². The lowest BCUT2D eigenvalue weighted by molar-refractivity contribution is 1.41. The quantitative estimate of drug-likeness (QED) is 0.690. The van der Waals surface area contributed by atoms with Crippen LogP contribution in [0.15, 0.2) is 30.3 Å². The lowest BCUT2D eigenvalue weighted by Gasteiger charge is -1.97. The molecular formula is C10H7ClNS. The molecule has 0 bridgehead atoms. The van der Waals surface area contributed by atoms with Crippen LogP contribution in [-0.2, 0) is 5.88 Å². The number of halogens is 1. The van der Waals surface area contributed by atoms with E-state index in [1.54, 1.807) is 0 Å². The molecular weight excluding hydrogens is 202 g/mol. The molecule has 3 heteroatoms.